The van der Waals surface area contributed by atoms with Crippen LogP contribution in [-0.4, -0.2) is 12.2 Å². The van der Waals surface area contributed by atoms with Gasteiger partial charge in [0.2, 0.25) is 0 Å². The zero-order valence-electron chi connectivity index (χ0n) is 7.00. The lowest BCUT2D eigenvalue weighted by atomic mass is 10.2. The summed E-state index contributed by atoms with van der Waals surface area (Å²) in [5.74, 6) is 0. The highest BCUT2D eigenvalue weighted by Gasteiger charge is 2.01. The van der Waals surface area contributed by atoms with Crippen LogP contribution >= 0.6 is 23.2 Å². The molecule has 0 aliphatic heterocycles. The van der Waals surface area contributed by atoms with E-state index in [2.05, 4.69) is 5.10 Å². The van der Waals surface area contributed by atoms with Crippen molar-refractivity contribution in [3.05, 3.63) is 33.8 Å². The molecule has 0 aliphatic rings. The first-order valence-electron chi connectivity index (χ1n) is 3.64. The lowest BCUT2D eigenvalue weighted by Gasteiger charge is -1.99. The number of rotatable bonds is 2. The van der Waals surface area contributed by atoms with Gasteiger partial charge in [-0.25, -0.2) is 10.2 Å². The van der Waals surface area contributed by atoms with E-state index in [0.29, 0.717) is 15.6 Å². The second-order valence-corrected chi connectivity index (χ2v) is 3.18. The predicted molar refractivity (Wildman–Crippen MR) is 56.8 cm³/mol. The summed E-state index contributed by atoms with van der Waals surface area (Å²) in [6.45, 7) is 0. The summed E-state index contributed by atoms with van der Waals surface area (Å²) in [6.07, 6.45) is 1.33. The van der Waals surface area contributed by atoms with E-state index >= 15 is 0 Å². The highest BCUT2D eigenvalue weighted by molar-refractivity contribution is 6.38. The lowest BCUT2D eigenvalue weighted by molar-refractivity contribution is 0.249. The van der Waals surface area contributed by atoms with E-state index in [0.717, 1.165) is 0 Å². The fourth-order valence-electron chi connectivity index (χ4n) is 0.794. The Hall–Kier alpha value is -1.26. The molecule has 0 fully saturated rings. The molecule has 0 unspecified atom stereocenters. The van der Waals surface area contributed by atoms with Crippen molar-refractivity contribution in [1.82, 2.24) is 5.43 Å². The van der Waals surface area contributed by atoms with Crippen molar-refractivity contribution in [3.8, 4) is 0 Å². The summed E-state index contributed by atoms with van der Waals surface area (Å²) in [4.78, 5) is 10.3. The number of carbonyl (C=O) groups excluding carboxylic acids is 1. The average Bonchev–Trinajstić information content (AvgIpc) is 2.09. The van der Waals surface area contributed by atoms with Crippen molar-refractivity contribution in [2.45, 2.75) is 0 Å². The third kappa shape index (κ3) is 2.90. The van der Waals surface area contributed by atoms with Crippen molar-refractivity contribution in [2.75, 3.05) is 0 Å². The Morgan fingerprint density at radius 3 is 2.50 bits per heavy atom. The van der Waals surface area contributed by atoms with Crippen molar-refractivity contribution < 1.29 is 4.79 Å². The van der Waals surface area contributed by atoms with Gasteiger partial charge in [0.25, 0.3) is 0 Å². The first kappa shape index (κ1) is 10.8. The monoisotopic (exact) mass is 231 g/mol. The predicted octanol–water partition coefficient (Wildman–Crippen LogP) is 2.00. The van der Waals surface area contributed by atoms with Crippen molar-refractivity contribution in [1.29, 1.82) is 0 Å². The number of nitrogens with two attached hydrogens (primary N) is 1. The van der Waals surface area contributed by atoms with Crippen LogP contribution in [0, 0.1) is 0 Å². The molecule has 0 aromatic heterocycles. The van der Waals surface area contributed by atoms with Crippen molar-refractivity contribution in [2.24, 2.45) is 10.8 Å². The number of hydrogen-bond donors (Lipinski definition) is 2. The Labute approximate surface area is 90.7 Å². The van der Waals surface area contributed by atoms with Crippen LogP contribution in [0.1, 0.15) is 5.56 Å². The number of nitrogens with one attached hydrogen (secondary N) is 1. The highest BCUT2D eigenvalue weighted by Crippen LogP contribution is 2.21. The van der Waals surface area contributed by atoms with Crippen LogP contribution in [0.5, 0.6) is 0 Å². The fourth-order valence-corrected chi connectivity index (χ4v) is 1.29. The fraction of sp³-hybridized carbons (Fsp3) is 0. The van der Waals surface area contributed by atoms with Gasteiger partial charge in [0.1, 0.15) is 0 Å². The first-order valence-corrected chi connectivity index (χ1v) is 4.39. The zero-order valence-corrected chi connectivity index (χ0v) is 8.51. The number of carbonyl (C=O) groups is 1. The number of urea groups is 1. The van der Waals surface area contributed by atoms with E-state index in [1.165, 1.54) is 6.21 Å². The molecule has 1 rings (SSSR count). The molecular weight excluding hydrogens is 225 g/mol. The minimum Gasteiger partial charge on any atom is -0.350 e. The molecule has 0 saturated carbocycles. The molecule has 0 heterocycles. The quantitative estimate of drug-likeness (QED) is 0.594. The second kappa shape index (κ2) is 4.83. The van der Waals surface area contributed by atoms with Gasteiger partial charge >= 0.3 is 6.03 Å². The normalized spacial score (nSPS) is 10.4. The van der Waals surface area contributed by atoms with Crippen LogP contribution in [0.3, 0.4) is 0 Å². The molecule has 74 valence electrons. The van der Waals surface area contributed by atoms with E-state index in [1.54, 1.807) is 18.2 Å². The smallest absolute Gasteiger partial charge is 0.332 e. The molecule has 0 bridgehead atoms. The van der Waals surface area contributed by atoms with Gasteiger partial charge in [0, 0.05) is 5.56 Å². The molecule has 14 heavy (non-hydrogen) atoms. The molecular formula is C8H7Cl2N3O. The van der Waals surface area contributed by atoms with Crippen molar-refractivity contribution in [3.63, 3.8) is 0 Å². The summed E-state index contributed by atoms with van der Waals surface area (Å²) < 4.78 is 0. The van der Waals surface area contributed by atoms with E-state index < -0.39 is 6.03 Å². The number of hydrogen-bond acceptors (Lipinski definition) is 2. The van der Waals surface area contributed by atoms with Gasteiger partial charge in [-0.15, -0.1) is 0 Å². The number of benzene rings is 1. The number of amides is 2. The molecule has 0 saturated heterocycles. The number of hydrazone groups is 1. The Morgan fingerprint density at radius 2 is 2.00 bits per heavy atom. The Bertz CT molecular complexity index is 359. The van der Waals surface area contributed by atoms with E-state index in [1.807, 2.05) is 5.43 Å². The lowest BCUT2D eigenvalue weighted by Crippen LogP contribution is -2.24. The summed E-state index contributed by atoms with van der Waals surface area (Å²) in [6, 6.07) is 4.30. The van der Waals surface area contributed by atoms with Gasteiger partial charge < -0.3 is 5.73 Å². The molecule has 1 aromatic carbocycles. The molecule has 3 N–H and O–H groups in total. The largest absolute Gasteiger partial charge is 0.350 e. The van der Waals surface area contributed by atoms with Gasteiger partial charge in [0.15, 0.2) is 0 Å². The SMILES string of the molecule is NC(=O)N/N=C\c1c(Cl)cccc1Cl. The van der Waals surface area contributed by atoms with Gasteiger partial charge in [-0.2, -0.15) is 5.10 Å². The molecule has 0 radical (unpaired) electrons. The summed E-state index contributed by atoms with van der Waals surface area (Å²) in [5.41, 5.74) is 7.37. The molecule has 4 nitrogen and oxygen atoms in total. The van der Waals surface area contributed by atoms with Crippen LogP contribution < -0.4 is 11.2 Å². The Morgan fingerprint density at radius 1 is 1.43 bits per heavy atom. The summed E-state index contributed by atoms with van der Waals surface area (Å²) >= 11 is 11.7. The topological polar surface area (TPSA) is 67.5 Å². The van der Waals surface area contributed by atoms with Crippen molar-refractivity contribution >= 4 is 35.4 Å². The van der Waals surface area contributed by atoms with Crippen LogP contribution in [0.15, 0.2) is 23.3 Å². The summed E-state index contributed by atoms with van der Waals surface area (Å²) in [5, 5.41) is 4.45. The molecule has 1 aromatic rings. The van der Waals surface area contributed by atoms with Gasteiger partial charge in [0.05, 0.1) is 16.3 Å². The maximum atomic E-state index is 10.3. The van der Waals surface area contributed by atoms with E-state index in [-0.39, 0.29) is 0 Å². The molecule has 6 heteroatoms. The minimum atomic E-state index is -0.746. The average molecular weight is 232 g/mol. The van der Waals surface area contributed by atoms with E-state index in [9.17, 15) is 4.79 Å². The van der Waals surface area contributed by atoms with Gasteiger partial charge in [-0.1, -0.05) is 29.3 Å². The third-order valence-electron chi connectivity index (χ3n) is 1.37. The maximum Gasteiger partial charge on any atom is 0.332 e. The maximum absolute atomic E-state index is 10.3. The Balaban J connectivity index is 2.85. The van der Waals surface area contributed by atoms with Crippen LogP contribution in [0.25, 0.3) is 0 Å². The molecule has 0 spiro atoms. The van der Waals surface area contributed by atoms with E-state index in [4.69, 9.17) is 28.9 Å². The first-order chi connectivity index (χ1) is 6.61. The standard InChI is InChI=1S/C8H7Cl2N3O/c9-6-2-1-3-7(10)5(6)4-12-13-8(11)14/h1-4H,(H3,11,13,14)/b12-4-. The third-order valence-corrected chi connectivity index (χ3v) is 2.03. The van der Waals surface area contributed by atoms with Gasteiger partial charge in [-0.05, 0) is 12.1 Å². The highest BCUT2D eigenvalue weighted by atomic mass is 35.5. The molecule has 0 atom stereocenters. The van der Waals surface area contributed by atoms with Gasteiger partial charge in [-0.3, -0.25) is 0 Å². The number of nitrogens with zero attached hydrogens (tertiary/aromatic N) is 1. The van der Waals surface area contributed by atoms with Crippen LogP contribution in [-0.2, 0) is 0 Å². The number of halogens is 2. The minimum absolute atomic E-state index is 0.451. The van der Waals surface area contributed by atoms with Crippen LogP contribution in [0.2, 0.25) is 10.0 Å². The number of primary amides is 1. The molecule has 0 aliphatic carbocycles. The molecule has 2 amide bonds. The second-order valence-electron chi connectivity index (χ2n) is 2.37. The zero-order chi connectivity index (χ0) is 10.6. The Kier molecular flexibility index (Phi) is 3.73. The summed E-state index contributed by atoms with van der Waals surface area (Å²) in [7, 11) is 0. The van der Waals surface area contributed by atoms with Crippen LogP contribution in [0.4, 0.5) is 4.79 Å².